The molecule has 3 atom stereocenters. The van der Waals surface area contributed by atoms with E-state index in [4.69, 9.17) is 14.2 Å². The lowest BCUT2D eigenvalue weighted by Crippen LogP contribution is -2.43. The van der Waals surface area contributed by atoms with E-state index in [1.165, 1.54) is 7.11 Å². The van der Waals surface area contributed by atoms with Crippen LogP contribution in [-0.4, -0.2) is 38.5 Å². The Kier molecular flexibility index (Phi) is 6.29. The molecule has 1 N–H and O–H groups in total. The number of rotatable bonds is 5. The SMILES string of the molecule is CCOC(=O)C1=C(C)NC2=C(C(=O)[C@H](C(=O)OC)[C@@H](C)C2)[C@@H]1c1ccc(OC)cc1. The van der Waals surface area contributed by atoms with Gasteiger partial charge in [-0.2, -0.15) is 0 Å². The number of carbonyl (C=O) groups excluding carboxylic acids is 3. The number of carbonyl (C=O) groups is 3. The number of ketones is 1. The van der Waals surface area contributed by atoms with E-state index >= 15 is 0 Å². The van der Waals surface area contributed by atoms with E-state index in [0.29, 0.717) is 29.0 Å². The van der Waals surface area contributed by atoms with E-state index in [9.17, 15) is 14.4 Å². The van der Waals surface area contributed by atoms with Crippen LogP contribution in [0.25, 0.3) is 0 Å². The zero-order chi connectivity index (χ0) is 22.0. The van der Waals surface area contributed by atoms with E-state index in [0.717, 1.165) is 11.3 Å². The lowest BCUT2D eigenvalue weighted by molar-refractivity contribution is -0.151. The van der Waals surface area contributed by atoms with Gasteiger partial charge in [0.2, 0.25) is 0 Å². The number of allylic oxidation sites excluding steroid dienone is 3. The summed E-state index contributed by atoms with van der Waals surface area (Å²) >= 11 is 0. The van der Waals surface area contributed by atoms with E-state index in [2.05, 4.69) is 5.32 Å². The average Bonchev–Trinajstić information content (AvgIpc) is 2.72. The molecule has 3 rings (SSSR count). The summed E-state index contributed by atoms with van der Waals surface area (Å²) in [6.07, 6.45) is 0.501. The first kappa shape index (κ1) is 21.6. The molecule has 160 valence electrons. The summed E-state index contributed by atoms with van der Waals surface area (Å²) in [4.78, 5) is 38.7. The highest BCUT2D eigenvalue weighted by atomic mass is 16.5. The Morgan fingerprint density at radius 2 is 1.83 bits per heavy atom. The van der Waals surface area contributed by atoms with Gasteiger partial charge in [-0.1, -0.05) is 19.1 Å². The predicted molar refractivity (Wildman–Crippen MR) is 110 cm³/mol. The maximum atomic E-state index is 13.5. The van der Waals surface area contributed by atoms with Gasteiger partial charge >= 0.3 is 11.9 Å². The van der Waals surface area contributed by atoms with Gasteiger partial charge in [-0.05, 0) is 43.9 Å². The Bertz CT molecular complexity index is 928. The smallest absolute Gasteiger partial charge is 0.336 e. The fourth-order valence-corrected chi connectivity index (χ4v) is 4.29. The normalized spacial score (nSPS) is 23.5. The van der Waals surface area contributed by atoms with Gasteiger partial charge < -0.3 is 19.5 Å². The van der Waals surface area contributed by atoms with Crippen LogP contribution in [0.1, 0.15) is 38.7 Å². The Morgan fingerprint density at radius 1 is 1.17 bits per heavy atom. The Morgan fingerprint density at radius 3 is 2.40 bits per heavy atom. The maximum absolute atomic E-state index is 13.5. The van der Waals surface area contributed by atoms with Crippen molar-refractivity contribution < 1.29 is 28.6 Å². The van der Waals surface area contributed by atoms with Crippen LogP contribution in [0.4, 0.5) is 0 Å². The number of hydrogen-bond acceptors (Lipinski definition) is 7. The minimum absolute atomic E-state index is 0.215. The molecule has 0 saturated heterocycles. The summed E-state index contributed by atoms with van der Waals surface area (Å²) in [5.74, 6) is -2.47. The Balaban J connectivity index is 2.17. The first-order valence-corrected chi connectivity index (χ1v) is 9.97. The fourth-order valence-electron chi connectivity index (χ4n) is 4.29. The van der Waals surface area contributed by atoms with Gasteiger partial charge in [0, 0.05) is 22.9 Å². The van der Waals surface area contributed by atoms with Gasteiger partial charge in [-0.25, -0.2) is 4.79 Å². The van der Waals surface area contributed by atoms with Gasteiger partial charge in [0.1, 0.15) is 11.7 Å². The van der Waals surface area contributed by atoms with Gasteiger partial charge in [-0.15, -0.1) is 0 Å². The molecule has 0 spiro atoms. The highest BCUT2D eigenvalue weighted by Gasteiger charge is 2.47. The molecule has 7 heteroatoms. The molecule has 30 heavy (non-hydrogen) atoms. The maximum Gasteiger partial charge on any atom is 0.336 e. The van der Waals surface area contributed by atoms with Crippen molar-refractivity contribution in [3.05, 3.63) is 52.4 Å². The van der Waals surface area contributed by atoms with Crippen LogP contribution in [-0.2, 0) is 23.9 Å². The van der Waals surface area contributed by atoms with Crippen molar-refractivity contribution in [3.63, 3.8) is 0 Å². The van der Waals surface area contributed by atoms with Crippen molar-refractivity contribution in [1.29, 1.82) is 0 Å². The monoisotopic (exact) mass is 413 g/mol. The fraction of sp³-hybridized carbons (Fsp3) is 0.435. The number of Topliss-reactive ketones (excluding diaryl/α,β-unsaturated/α-hetero) is 1. The number of dihydropyridines is 1. The third-order valence-corrected chi connectivity index (χ3v) is 5.69. The van der Waals surface area contributed by atoms with E-state index < -0.39 is 23.8 Å². The predicted octanol–water partition coefficient (Wildman–Crippen LogP) is 2.87. The highest BCUT2D eigenvalue weighted by Crippen LogP contribution is 2.45. The average molecular weight is 413 g/mol. The molecule has 0 radical (unpaired) electrons. The largest absolute Gasteiger partial charge is 0.497 e. The molecule has 2 aliphatic rings. The zero-order valence-corrected chi connectivity index (χ0v) is 17.9. The Hall–Kier alpha value is -3.09. The summed E-state index contributed by atoms with van der Waals surface area (Å²) in [5, 5.41) is 3.23. The van der Waals surface area contributed by atoms with Crippen molar-refractivity contribution in [3.8, 4) is 5.75 Å². The molecule has 0 fully saturated rings. The van der Waals surface area contributed by atoms with Crippen LogP contribution >= 0.6 is 0 Å². The second-order valence-electron chi connectivity index (χ2n) is 7.53. The van der Waals surface area contributed by atoms with E-state index in [1.807, 2.05) is 19.1 Å². The summed E-state index contributed by atoms with van der Waals surface area (Å²) in [5.41, 5.74) is 2.91. The van der Waals surface area contributed by atoms with Crippen molar-refractivity contribution in [2.24, 2.45) is 11.8 Å². The molecular formula is C23H27NO6. The minimum atomic E-state index is -0.904. The minimum Gasteiger partial charge on any atom is -0.497 e. The molecule has 0 saturated carbocycles. The third kappa shape index (κ3) is 3.72. The standard InChI is InChI=1S/C23H27NO6/c1-6-30-23(27)18-13(3)24-16-11-12(2)17(22(26)29-5)21(25)20(16)19(18)14-7-9-15(28-4)10-8-14/h7-10,12,17,19,24H,6,11H2,1-5H3/t12-,17+,19+/m0/s1. The van der Waals surface area contributed by atoms with Crippen LogP contribution in [0.5, 0.6) is 5.75 Å². The molecular weight excluding hydrogens is 386 g/mol. The quantitative estimate of drug-likeness (QED) is 0.586. The lowest BCUT2D eigenvalue weighted by atomic mass is 9.69. The molecule has 1 aliphatic heterocycles. The first-order valence-electron chi connectivity index (χ1n) is 9.97. The van der Waals surface area contributed by atoms with Crippen LogP contribution in [0, 0.1) is 11.8 Å². The van der Waals surface area contributed by atoms with E-state index in [1.54, 1.807) is 33.1 Å². The zero-order valence-electron chi connectivity index (χ0n) is 17.9. The molecule has 1 aromatic carbocycles. The second-order valence-corrected chi connectivity index (χ2v) is 7.53. The van der Waals surface area contributed by atoms with Gasteiger partial charge in [0.05, 0.1) is 26.4 Å². The number of benzene rings is 1. The van der Waals surface area contributed by atoms with Gasteiger partial charge in [0.15, 0.2) is 5.78 Å². The number of ether oxygens (including phenoxy) is 3. The van der Waals surface area contributed by atoms with Crippen LogP contribution < -0.4 is 10.1 Å². The van der Waals surface area contributed by atoms with Crippen LogP contribution in [0.2, 0.25) is 0 Å². The summed E-state index contributed by atoms with van der Waals surface area (Å²) < 4.78 is 15.4. The topological polar surface area (TPSA) is 90.9 Å². The number of esters is 2. The number of methoxy groups -OCH3 is 2. The molecule has 0 bridgehead atoms. The van der Waals surface area contributed by atoms with E-state index in [-0.39, 0.29) is 18.3 Å². The lowest BCUT2D eigenvalue weighted by Gasteiger charge is -2.38. The van der Waals surface area contributed by atoms with Crippen molar-refractivity contribution >= 4 is 17.7 Å². The molecule has 0 unspecified atom stereocenters. The summed E-state index contributed by atoms with van der Waals surface area (Å²) in [6, 6.07) is 7.21. The number of nitrogens with one attached hydrogen (secondary N) is 1. The Labute approximate surface area is 176 Å². The number of hydrogen-bond donors (Lipinski definition) is 1. The molecule has 0 aromatic heterocycles. The summed E-state index contributed by atoms with van der Waals surface area (Å²) in [6.45, 7) is 5.60. The first-order chi connectivity index (χ1) is 14.3. The molecule has 1 aliphatic carbocycles. The second kappa shape index (κ2) is 8.73. The van der Waals surface area contributed by atoms with Crippen molar-refractivity contribution in [2.75, 3.05) is 20.8 Å². The molecule has 0 amide bonds. The molecule has 1 aromatic rings. The molecule has 7 nitrogen and oxygen atoms in total. The van der Waals surface area contributed by atoms with Crippen molar-refractivity contribution in [1.82, 2.24) is 5.32 Å². The highest BCUT2D eigenvalue weighted by molar-refractivity contribution is 6.12. The van der Waals surface area contributed by atoms with Gasteiger partial charge in [-0.3, -0.25) is 9.59 Å². The van der Waals surface area contributed by atoms with Crippen molar-refractivity contribution in [2.45, 2.75) is 33.1 Å². The van der Waals surface area contributed by atoms with Gasteiger partial charge in [0.25, 0.3) is 0 Å². The summed E-state index contributed by atoms with van der Waals surface area (Å²) in [7, 11) is 2.85. The third-order valence-electron chi connectivity index (χ3n) is 5.69. The van der Waals surface area contributed by atoms with Crippen LogP contribution in [0.15, 0.2) is 46.8 Å². The molecule has 1 heterocycles. The van der Waals surface area contributed by atoms with Crippen LogP contribution in [0.3, 0.4) is 0 Å².